The molecule has 2 N–H and O–H groups in total. The Morgan fingerprint density at radius 2 is 1.95 bits per heavy atom. The highest BCUT2D eigenvalue weighted by atomic mass is 19.4. The molecule has 0 saturated heterocycles. The van der Waals surface area contributed by atoms with Crippen LogP contribution in [0.3, 0.4) is 0 Å². The molecule has 1 aliphatic rings. The van der Waals surface area contributed by atoms with Gasteiger partial charge in [-0.1, -0.05) is 12.1 Å². The number of anilines is 1. The van der Waals surface area contributed by atoms with Crippen LogP contribution < -0.4 is 5.32 Å². The first-order chi connectivity index (χ1) is 8.82. The van der Waals surface area contributed by atoms with Crippen molar-refractivity contribution >= 4 is 11.7 Å². The van der Waals surface area contributed by atoms with Gasteiger partial charge in [0, 0.05) is 11.2 Å². The SMILES string of the molecule is O=C(O)CC1(Nc2ccccc2C(F)(F)F)CCC1. The zero-order valence-electron chi connectivity index (χ0n) is 10.1. The molecule has 19 heavy (non-hydrogen) atoms. The molecule has 1 aliphatic carbocycles. The number of carboxylic acids is 1. The van der Waals surface area contributed by atoms with Crippen molar-refractivity contribution in [2.75, 3.05) is 5.32 Å². The average molecular weight is 273 g/mol. The van der Waals surface area contributed by atoms with Gasteiger partial charge in [0.1, 0.15) is 0 Å². The number of hydrogen-bond acceptors (Lipinski definition) is 2. The molecular weight excluding hydrogens is 259 g/mol. The number of aliphatic carboxylic acids is 1. The van der Waals surface area contributed by atoms with E-state index in [1.165, 1.54) is 18.2 Å². The Balaban J connectivity index is 2.25. The summed E-state index contributed by atoms with van der Waals surface area (Å²) in [7, 11) is 0. The van der Waals surface area contributed by atoms with Crippen LogP contribution in [0.4, 0.5) is 18.9 Å². The van der Waals surface area contributed by atoms with E-state index in [0.29, 0.717) is 12.8 Å². The zero-order chi connectivity index (χ0) is 14.1. The quantitative estimate of drug-likeness (QED) is 0.882. The number of nitrogens with one attached hydrogen (secondary N) is 1. The summed E-state index contributed by atoms with van der Waals surface area (Å²) >= 11 is 0. The Bertz CT molecular complexity index is 481. The number of alkyl halides is 3. The molecule has 0 heterocycles. The van der Waals surface area contributed by atoms with Gasteiger partial charge in [0.05, 0.1) is 12.0 Å². The van der Waals surface area contributed by atoms with Gasteiger partial charge in [0.25, 0.3) is 0 Å². The van der Waals surface area contributed by atoms with Gasteiger partial charge in [-0.2, -0.15) is 13.2 Å². The van der Waals surface area contributed by atoms with E-state index in [2.05, 4.69) is 5.32 Å². The Kier molecular flexibility index (Phi) is 3.43. The van der Waals surface area contributed by atoms with E-state index in [9.17, 15) is 18.0 Å². The lowest BCUT2D eigenvalue weighted by Gasteiger charge is -2.42. The van der Waals surface area contributed by atoms with Crippen molar-refractivity contribution in [3.8, 4) is 0 Å². The number of rotatable bonds is 4. The van der Waals surface area contributed by atoms with Crippen LogP contribution in [-0.2, 0) is 11.0 Å². The molecule has 0 radical (unpaired) electrons. The number of halogens is 3. The molecule has 104 valence electrons. The second-order valence-electron chi connectivity index (χ2n) is 4.87. The highest BCUT2D eigenvalue weighted by molar-refractivity contribution is 5.70. The topological polar surface area (TPSA) is 49.3 Å². The van der Waals surface area contributed by atoms with E-state index in [-0.39, 0.29) is 12.1 Å². The molecule has 0 aromatic heterocycles. The fraction of sp³-hybridized carbons (Fsp3) is 0.462. The van der Waals surface area contributed by atoms with Gasteiger partial charge >= 0.3 is 12.1 Å². The molecule has 2 rings (SSSR count). The number of carbonyl (C=O) groups is 1. The molecule has 0 atom stereocenters. The van der Waals surface area contributed by atoms with Gasteiger partial charge in [0.2, 0.25) is 0 Å². The fourth-order valence-electron chi connectivity index (χ4n) is 2.36. The second kappa shape index (κ2) is 4.75. The number of hydrogen-bond donors (Lipinski definition) is 2. The van der Waals surface area contributed by atoms with E-state index in [4.69, 9.17) is 5.11 Å². The molecule has 1 aromatic carbocycles. The highest BCUT2D eigenvalue weighted by Crippen LogP contribution is 2.41. The zero-order valence-corrected chi connectivity index (χ0v) is 10.1. The summed E-state index contributed by atoms with van der Waals surface area (Å²) in [4.78, 5) is 10.8. The van der Waals surface area contributed by atoms with Crippen LogP contribution in [0.15, 0.2) is 24.3 Å². The molecule has 0 amide bonds. The summed E-state index contributed by atoms with van der Waals surface area (Å²) in [6.07, 6.45) is -2.64. The van der Waals surface area contributed by atoms with Crippen LogP contribution in [0, 0.1) is 0 Å². The molecule has 0 spiro atoms. The third kappa shape index (κ3) is 3.00. The van der Waals surface area contributed by atoms with Crippen molar-refractivity contribution in [3.05, 3.63) is 29.8 Å². The predicted octanol–water partition coefficient (Wildman–Crippen LogP) is 3.51. The average Bonchev–Trinajstić information content (AvgIpc) is 2.24. The minimum atomic E-state index is -4.45. The standard InChI is InChI=1S/C13H14F3NO2/c14-13(15,16)9-4-1-2-5-10(9)17-12(6-3-7-12)8-11(18)19/h1-2,4-5,17H,3,6-8H2,(H,18,19). The molecule has 0 aliphatic heterocycles. The van der Waals surface area contributed by atoms with Gasteiger partial charge < -0.3 is 10.4 Å². The van der Waals surface area contributed by atoms with Crippen LogP contribution >= 0.6 is 0 Å². The van der Waals surface area contributed by atoms with E-state index in [1.807, 2.05) is 0 Å². The Hall–Kier alpha value is -1.72. The smallest absolute Gasteiger partial charge is 0.418 e. The van der Waals surface area contributed by atoms with Gasteiger partial charge in [-0.3, -0.25) is 4.79 Å². The molecule has 0 unspecified atom stereocenters. The van der Waals surface area contributed by atoms with E-state index in [0.717, 1.165) is 12.5 Å². The van der Waals surface area contributed by atoms with Crippen LogP contribution in [0.1, 0.15) is 31.2 Å². The second-order valence-corrected chi connectivity index (χ2v) is 4.87. The van der Waals surface area contributed by atoms with Crippen LogP contribution in [0.25, 0.3) is 0 Å². The Morgan fingerprint density at radius 1 is 1.32 bits per heavy atom. The van der Waals surface area contributed by atoms with Crippen molar-refractivity contribution in [1.82, 2.24) is 0 Å². The maximum atomic E-state index is 12.9. The fourth-order valence-corrected chi connectivity index (χ4v) is 2.36. The van der Waals surface area contributed by atoms with Crippen molar-refractivity contribution in [3.63, 3.8) is 0 Å². The monoisotopic (exact) mass is 273 g/mol. The lowest BCUT2D eigenvalue weighted by Crippen LogP contribution is -2.47. The van der Waals surface area contributed by atoms with Crippen molar-refractivity contribution in [2.45, 2.75) is 37.4 Å². The maximum Gasteiger partial charge on any atom is 0.418 e. The molecule has 1 saturated carbocycles. The highest BCUT2D eigenvalue weighted by Gasteiger charge is 2.41. The molecule has 1 fully saturated rings. The minimum Gasteiger partial charge on any atom is -0.481 e. The first kappa shape index (κ1) is 13.7. The summed E-state index contributed by atoms with van der Waals surface area (Å²) in [5.74, 6) is -1.00. The molecular formula is C13H14F3NO2. The van der Waals surface area contributed by atoms with Crippen molar-refractivity contribution in [1.29, 1.82) is 0 Å². The summed E-state index contributed by atoms with van der Waals surface area (Å²) in [6.45, 7) is 0. The lowest BCUT2D eigenvalue weighted by molar-refractivity contribution is -0.138. The first-order valence-corrected chi connectivity index (χ1v) is 5.99. The molecule has 6 heteroatoms. The summed E-state index contributed by atoms with van der Waals surface area (Å²) in [5, 5.41) is 11.7. The maximum absolute atomic E-state index is 12.9. The molecule has 3 nitrogen and oxygen atoms in total. The Morgan fingerprint density at radius 3 is 2.42 bits per heavy atom. The number of para-hydroxylation sites is 1. The van der Waals surface area contributed by atoms with Gasteiger partial charge in [-0.05, 0) is 31.4 Å². The summed E-state index contributed by atoms with van der Waals surface area (Å²) in [5.41, 5.74) is -1.55. The minimum absolute atomic E-state index is 0.0454. The predicted molar refractivity (Wildman–Crippen MR) is 63.9 cm³/mol. The third-order valence-electron chi connectivity index (χ3n) is 3.43. The van der Waals surface area contributed by atoms with Gasteiger partial charge in [-0.25, -0.2) is 0 Å². The van der Waals surface area contributed by atoms with E-state index in [1.54, 1.807) is 0 Å². The largest absolute Gasteiger partial charge is 0.481 e. The normalized spacial score (nSPS) is 17.6. The Labute approximate surface area is 108 Å². The summed E-state index contributed by atoms with van der Waals surface area (Å²) in [6, 6.07) is 5.16. The number of benzene rings is 1. The van der Waals surface area contributed by atoms with Gasteiger partial charge in [-0.15, -0.1) is 0 Å². The van der Waals surface area contributed by atoms with Crippen LogP contribution in [0.2, 0.25) is 0 Å². The van der Waals surface area contributed by atoms with Crippen molar-refractivity contribution < 1.29 is 23.1 Å². The van der Waals surface area contributed by atoms with E-state index < -0.39 is 23.2 Å². The molecule has 1 aromatic rings. The third-order valence-corrected chi connectivity index (χ3v) is 3.43. The van der Waals surface area contributed by atoms with Crippen LogP contribution in [-0.4, -0.2) is 16.6 Å². The summed E-state index contributed by atoms with van der Waals surface area (Å²) < 4.78 is 38.6. The van der Waals surface area contributed by atoms with Crippen molar-refractivity contribution in [2.24, 2.45) is 0 Å². The van der Waals surface area contributed by atoms with Gasteiger partial charge in [0.15, 0.2) is 0 Å². The number of carboxylic acid groups (broad SMARTS) is 1. The van der Waals surface area contributed by atoms with E-state index >= 15 is 0 Å². The molecule has 0 bridgehead atoms. The lowest BCUT2D eigenvalue weighted by atomic mass is 9.74. The van der Waals surface area contributed by atoms with Crippen LogP contribution in [0.5, 0.6) is 0 Å². The first-order valence-electron chi connectivity index (χ1n) is 5.99.